The van der Waals surface area contributed by atoms with Crippen molar-refractivity contribution in [1.29, 1.82) is 0 Å². The monoisotopic (exact) mass is 400 g/mol. The highest BCUT2D eigenvalue weighted by Gasteiger charge is 2.11. The largest absolute Gasteiger partial charge is 0.456 e. The Balaban J connectivity index is 1.58. The zero-order chi connectivity index (χ0) is 21.2. The number of rotatable bonds is 4. The Kier molecular flexibility index (Phi) is 5.01. The second kappa shape index (κ2) is 8.12. The average Bonchev–Trinajstić information content (AvgIpc) is 3.13. The van der Waals surface area contributed by atoms with Crippen LogP contribution < -0.4 is 0 Å². The summed E-state index contributed by atoms with van der Waals surface area (Å²) in [6.45, 7) is 4.27. The van der Waals surface area contributed by atoms with E-state index in [0.29, 0.717) is 0 Å². The van der Waals surface area contributed by atoms with Gasteiger partial charge >= 0.3 is 0 Å². The first-order chi connectivity index (χ1) is 15.2. The first-order valence-corrected chi connectivity index (χ1v) is 10.6. The van der Waals surface area contributed by atoms with Crippen LogP contribution in [-0.4, -0.2) is 0 Å². The summed E-state index contributed by atoms with van der Waals surface area (Å²) >= 11 is 0. The molecule has 1 nitrogen and oxygen atoms in total. The molecule has 1 aromatic heterocycles. The van der Waals surface area contributed by atoms with Crippen LogP contribution in [0.2, 0.25) is 0 Å². The zero-order valence-corrected chi connectivity index (χ0v) is 17.8. The minimum absolute atomic E-state index is 0.938. The Hall–Kier alpha value is -3.84. The van der Waals surface area contributed by atoms with Crippen molar-refractivity contribution in [2.24, 2.45) is 0 Å². The molecule has 0 aliphatic carbocycles. The van der Waals surface area contributed by atoms with Crippen LogP contribution in [0.3, 0.4) is 0 Å². The van der Waals surface area contributed by atoms with Crippen LogP contribution in [0.5, 0.6) is 0 Å². The van der Waals surface area contributed by atoms with Crippen molar-refractivity contribution in [3.05, 3.63) is 118 Å². The highest BCUT2D eigenvalue weighted by atomic mass is 16.3. The van der Waals surface area contributed by atoms with Crippen LogP contribution in [0, 0.1) is 13.8 Å². The fourth-order valence-electron chi connectivity index (χ4n) is 3.96. The van der Waals surface area contributed by atoms with Gasteiger partial charge in [-0.25, -0.2) is 0 Å². The van der Waals surface area contributed by atoms with Crippen molar-refractivity contribution in [3.8, 4) is 0 Å². The molecule has 0 N–H and O–H groups in total. The van der Waals surface area contributed by atoms with Crippen LogP contribution in [0.15, 0.2) is 89.3 Å². The molecule has 0 bridgehead atoms. The van der Waals surface area contributed by atoms with E-state index in [1.807, 2.05) is 12.1 Å². The van der Waals surface area contributed by atoms with E-state index in [2.05, 4.69) is 111 Å². The number of benzene rings is 4. The Morgan fingerprint density at radius 3 is 1.35 bits per heavy atom. The third-order valence-electron chi connectivity index (χ3n) is 5.76. The molecule has 1 heterocycles. The lowest BCUT2D eigenvalue weighted by Crippen LogP contribution is -1.82. The molecule has 0 saturated carbocycles. The quantitative estimate of drug-likeness (QED) is 0.275. The van der Waals surface area contributed by atoms with E-state index in [1.54, 1.807) is 0 Å². The molecule has 0 atom stereocenters. The van der Waals surface area contributed by atoms with Crippen molar-refractivity contribution < 1.29 is 4.42 Å². The molecular weight excluding hydrogens is 376 g/mol. The fourth-order valence-corrected chi connectivity index (χ4v) is 3.96. The predicted molar refractivity (Wildman–Crippen MR) is 134 cm³/mol. The summed E-state index contributed by atoms with van der Waals surface area (Å²) in [4.78, 5) is 0. The van der Waals surface area contributed by atoms with Gasteiger partial charge in [0.05, 0.1) is 0 Å². The first kappa shape index (κ1) is 19.1. The molecule has 0 aliphatic heterocycles. The van der Waals surface area contributed by atoms with E-state index >= 15 is 0 Å². The van der Waals surface area contributed by atoms with Crippen molar-refractivity contribution in [2.75, 3.05) is 0 Å². The lowest BCUT2D eigenvalue weighted by atomic mass is 10.00. The number of furan rings is 1. The molecule has 5 aromatic rings. The van der Waals surface area contributed by atoms with Gasteiger partial charge in [-0.05, 0) is 71.5 Å². The van der Waals surface area contributed by atoms with Gasteiger partial charge in [-0.1, -0.05) is 85.0 Å². The molecule has 31 heavy (non-hydrogen) atoms. The number of aryl methyl sites for hydroxylation is 2. The van der Waals surface area contributed by atoms with Crippen LogP contribution in [0.1, 0.15) is 33.4 Å². The molecule has 1 heteroatoms. The smallest absolute Gasteiger partial charge is 0.135 e. The number of fused-ring (bicyclic) bond motifs is 3. The van der Waals surface area contributed by atoms with Crippen molar-refractivity contribution in [3.63, 3.8) is 0 Å². The van der Waals surface area contributed by atoms with Gasteiger partial charge in [0.25, 0.3) is 0 Å². The number of hydrogen-bond donors (Lipinski definition) is 0. The second-order valence-electron chi connectivity index (χ2n) is 8.00. The summed E-state index contributed by atoms with van der Waals surface area (Å²) in [5.41, 5.74) is 9.10. The first-order valence-electron chi connectivity index (χ1n) is 10.6. The molecule has 4 aromatic carbocycles. The van der Waals surface area contributed by atoms with Crippen LogP contribution >= 0.6 is 0 Å². The van der Waals surface area contributed by atoms with Crippen LogP contribution in [-0.2, 0) is 0 Å². The maximum Gasteiger partial charge on any atom is 0.135 e. The Morgan fingerprint density at radius 1 is 0.516 bits per heavy atom. The highest BCUT2D eigenvalue weighted by Crippen LogP contribution is 2.33. The molecule has 0 aliphatic rings. The lowest BCUT2D eigenvalue weighted by Gasteiger charge is -2.02. The molecule has 0 amide bonds. The van der Waals surface area contributed by atoms with Crippen molar-refractivity contribution in [1.82, 2.24) is 0 Å². The van der Waals surface area contributed by atoms with E-state index in [9.17, 15) is 0 Å². The Morgan fingerprint density at radius 2 is 0.935 bits per heavy atom. The Bertz CT molecular complexity index is 1310. The SMILES string of the molecule is Cc1cc2oc3cc(C)c(/C=C/c4ccccc4)cc3c2cc1/C=C/c1ccccc1. The third kappa shape index (κ3) is 3.95. The van der Waals surface area contributed by atoms with Gasteiger partial charge in [0.1, 0.15) is 11.2 Å². The van der Waals surface area contributed by atoms with E-state index in [-0.39, 0.29) is 0 Å². The Labute approximate surface area is 183 Å². The maximum absolute atomic E-state index is 6.20. The summed E-state index contributed by atoms with van der Waals surface area (Å²) in [7, 11) is 0. The van der Waals surface area contributed by atoms with E-state index < -0.39 is 0 Å². The van der Waals surface area contributed by atoms with Gasteiger partial charge in [0.2, 0.25) is 0 Å². The fraction of sp³-hybridized carbons (Fsp3) is 0.0667. The average molecular weight is 401 g/mol. The van der Waals surface area contributed by atoms with Crippen LogP contribution in [0.4, 0.5) is 0 Å². The highest BCUT2D eigenvalue weighted by molar-refractivity contribution is 6.07. The molecule has 150 valence electrons. The molecular formula is C30H24O. The van der Waals surface area contributed by atoms with E-state index in [1.165, 1.54) is 33.4 Å². The minimum Gasteiger partial charge on any atom is -0.456 e. The van der Waals surface area contributed by atoms with Gasteiger partial charge in [-0.2, -0.15) is 0 Å². The minimum atomic E-state index is 0.938. The molecule has 0 saturated heterocycles. The normalized spacial score (nSPS) is 11.9. The molecule has 5 rings (SSSR count). The molecule has 0 fully saturated rings. The van der Waals surface area contributed by atoms with Gasteiger partial charge in [0.15, 0.2) is 0 Å². The summed E-state index contributed by atoms with van der Waals surface area (Å²) < 4.78 is 6.20. The topological polar surface area (TPSA) is 13.1 Å². The summed E-state index contributed by atoms with van der Waals surface area (Å²) in [5, 5.41) is 2.31. The van der Waals surface area contributed by atoms with Gasteiger partial charge in [-0.3, -0.25) is 0 Å². The van der Waals surface area contributed by atoms with Gasteiger partial charge < -0.3 is 4.42 Å². The molecule has 0 radical (unpaired) electrons. The lowest BCUT2D eigenvalue weighted by molar-refractivity contribution is 0.668. The molecule has 0 unspecified atom stereocenters. The van der Waals surface area contributed by atoms with Gasteiger partial charge in [0, 0.05) is 10.8 Å². The van der Waals surface area contributed by atoms with Crippen molar-refractivity contribution >= 4 is 46.2 Å². The van der Waals surface area contributed by atoms with E-state index in [0.717, 1.165) is 21.9 Å². The summed E-state index contributed by atoms with van der Waals surface area (Å²) in [6, 6.07) is 29.6. The standard InChI is InChI=1S/C30H24O/c1-21-17-29-27(19-25(21)15-13-23-9-5-3-6-10-23)28-20-26(22(2)18-30(28)31-29)16-14-24-11-7-4-8-12-24/h3-20H,1-2H3/b15-13+,16-14+. The third-order valence-corrected chi connectivity index (χ3v) is 5.76. The predicted octanol–water partition coefficient (Wildman–Crippen LogP) is 8.54. The summed E-state index contributed by atoms with van der Waals surface area (Å²) in [6.07, 6.45) is 8.70. The molecule has 0 spiro atoms. The van der Waals surface area contributed by atoms with Crippen LogP contribution in [0.25, 0.3) is 46.2 Å². The van der Waals surface area contributed by atoms with E-state index in [4.69, 9.17) is 4.42 Å². The van der Waals surface area contributed by atoms with Gasteiger partial charge in [-0.15, -0.1) is 0 Å². The second-order valence-corrected chi connectivity index (χ2v) is 8.00. The van der Waals surface area contributed by atoms with Crippen molar-refractivity contribution in [2.45, 2.75) is 13.8 Å². The zero-order valence-electron chi connectivity index (χ0n) is 17.8. The summed E-state index contributed by atoms with van der Waals surface area (Å²) in [5.74, 6) is 0. The maximum atomic E-state index is 6.20. The number of hydrogen-bond acceptors (Lipinski definition) is 1.